The van der Waals surface area contributed by atoms with E-state index in [2.05, 4.69) is 29.7 Å². The molecule has 1 aliphatic rings. The number of benzene rings is 1. The second kappa shape index (κ2) is 7.29. The van der Waals surface area contributed by atoms with Crippen molar-refractivity contribution in [3.63, 3.8) is 0 Å². The van der Waals surface area contributed by atoms with Crippen LogP contribution in [-0.2, 0) is 11.2 Å². The Kier molecular flexibility index (Phi) is 5.41. The molecule has 0 spiro atoms. The second-order valence-corrected chi connectivity index (χ2v) is 6.23. The number of carbonyl (C=O) groups is 2. The van der Waals surface area contributed by atoms with E-state index in [9.17, 15) is 9.59 Å². The third-order valence-corrected chi connectivity index (χ3v) is 4.14. The lowest BCUT2D eigenvalue weighted by Crippen LogP contribution is -2.53. The lowest BCUT2D eigenvalue weighted by molar-refractivity contribution is -0.137. The monoisotopic (exact) mass is 304 g/mol. The first-order valence-electron chi connectivity index (χ1n) is 7.81. The van der Waals surface area contributed by atoms with Gasteiger partial charge in [-0.1, -0.05) is 30.3 Å². The Morgan fingerprint density at radius 2 is 1.95 bits per heavy atom. The number of carboxylic acids is 1. The summed E-state index contributed by atoms with van der Waals surface area (Å²) in [6, 6.07) is 9.94. The maximum Gasteiger partial charge on any atom is 0.315 e. The van der Waals surface area contributed by atoms with Crippen LogP contribution in [0.25, 0.3) is 0 Å². The highest BCUT2D eigenvalue weighted by Crippen LogP contribution is 2.41. The minimum Gasteiger partial charge on any atom is -0.481 e. The molecule has 120 valence electrons. The Morgan fingerprint density at radius 1 is 1.27 bits per heavy atom. The van der Waals surface area contributed by atoms with Gasteiger partial charge in [-0.3, -0.25) is 4.79 Å². The molecule has 0 aromatic heterocycles. The van der Waals surface area contributed by atoms with Crippen LogP contribution >= 0.6 is 0 Å². The summed E-state index contributed by atoms with van der Waals surface area (Å²) in [7, 11) is 0. The molecular formula is C17H24N2O3. The van der Waals surface area contributed by atoms with Crippen molar-refractivity contribution in [3.8, 4) is 0 Å². The number of nitrogens with one attached hydrogen (secondary N) is 2. The highest BCUT2D eigenvalue weighted by atomic mass is 16.4. The summed E-state index contributed by atoms with van der Waals surface area (Å²) in [5, 5.41) is 14.4. The number of rotatable bonds is 8. The lowest BCUT2D eigenvalue weighted by atomic mass is 9.88. The first kappa shape index (κ1) is 16.3. The third kappa shape index (κ3) is 5.06. The van der Waals surface area contributed by atoms with Crippen LogP contribution in [0, 0.1) is 5.92 Å². The molecule has 0 aliphatic heterocycles. The molecule has 22 heavy (non-hydrogen) atoms. The number of carbonyl (C=O) groups excluding carboxylic acids is 1. The van der Waals surface area contributed by atoms with Gasteiger partial charge in [0.15, 0.2) is 0 Å². The van der Waals surface area contributed by atoms with Gasteiger partial charge in [-0.2, -0.15) is 0 Å². The fourth-order valence-electron chi connectivity index (χ4n) is 2.78. The van der Waals surface area contributed by atoms with Gasteiger partial charge in [-0.15, -0.1) is 0 Å². The Labute approximate surface area is 131 Å². The van der Waals surface area contributed by atoms with Gasteiger partial charge in [-0.25, -0.2) is 4.79 Å². The zero-order valence-electron chi connectivity index (χ0n) is 13.0. The molecule has 1 atom stereocenters. The number of aliphatic carboxylic acids is 1. The number of hydrogen-bond donors (Lipinski definition) is 3. The van der Waals surface area contributed by atoms with Crippen LogP contribution in [-0.4, -0.2) is 29.2 Å². The molecule has 2 rings (SSSR count). The van der Waals surface area contributed by atoms with E-state index in [1.54, 1.807) is 0 Å². The standard InChI is InChI=1S/C17H24N2O3/c1-17(14-9-10-14,12-13-6-3-2-4-7-13)19-16(22)18-11-5-8-15(20)21/h2-4,6-7,14H,5,8-12H2,1H3,(H,20,21)(H2,18,19,22). The molecule has 1 unspecified atom stereocenters. The van der Waals surface area contributed by atoms with Gasteiger partial charge in [-0.05, 0) is 44.1 Å². The fourth-order valence-corrected chi connectivity index (χ4v) is 2.78. The van der Waals surface area contributed by atoms with Crippen LogP contribution < -0.4 is 10.6 Å². The van der Waals surface area contributed by atoms with Crippen LogP contribution in [0.5, 0.6) is 0 Å². The average molecular weight is 304 g/mol. The summed E-state index contributed by atoms with van der Waals surface area (Å²) in [5.74, 6) is -0.327. The van der Waals surface area contributed by atoms with Crippen molar-refractivity contribution in [3.05, 3.63) is 35.9 Å². The van der Waals surface area contributed by atoms with Crippen molar-refractivity contribution in [1.29, 1.82) is 0 Å². The zero-order valence-corrected chi connectivity index (χ0v) is 13.0. The van der Waals surface area contributed by atoms with Gasteiger partial charge < -0.3 is 15.7 Å². The summed E-state index contributed by atoms with van der Waals surface area (Å²) < 4.78 is 0. The second-order valence-electron chi connectivity index (χ2n) is 6.23. The van der Waals surface area contributed by atoms with Crippen molar-refractivity contribution < 1.29 is 14.7 Å². The van der Waals surface area contributed by atoms with Crippen molar-refractivity contribution >= 4 is 12.0 Å². The van der Waals surface area contributed by atoms with Crippen LogP contribution in [0.15, 0.2) is 30.3 Å². The molecule has 1 fully saturated rings. The van der Waals surface area contributed by atoms with E-state index in [4.69, 9.17) is 5.11 Å². The van der Waals surface area contributed by atoms with E-state index in [0.29, 0.717) is 18.9 Å². The van der Waals surface area contributed by atoms with Gasteiger partial charge in [0.1, 0.15) is 0 Å². The molecule has 0 radical (unpaired) electrons. The van der Waals surface area contributed by atoms with E-state index in [0.717, 1.165) is 19.3 Å². The largest absolute Gasteiger partial charge is 0.481 e. The SMILES string of the molecule is CC(Cc1ccccc1)(NC(=O)NCCCC(=O)O)C1CC1. The molecule has 3 N–H and O–H groups in total. The molecule has 1 aromatic carbocycles. The topological polar surface area (TPSA) is 78.4 Å². The van der Waals surface area contributed by atoms with Crippen LogP contribution in [0.3, 0.4) is 0 Å². The molecule has 1 aliphatic carbocycles. The van der Waals surface area contributed by atoms with E-state index in [-0.39, 0.29) is 18.0 Å². The molecular weight excluding hydrogens is 280 g/mol. The minimum atomic E-state index is -0.839. The summed E-state index contributed by atoms with van der Waals surface area (Å²) in [6.45, 7) is 2.47. The molecule has 5 nitrogen and oxygen atoms in total. The molecule has 1 saturated carbocycles. The van der Waals surface area contributed by atoms with Gasteiger partial charge in [0.05, 0.1) is 0 Å². The predicted octanol–water partition coefficient (Wildman–Crippen LogP) is 2.56. The zero-order chi connectivity index (χ0) is 16.0. The Bertz CT molecular complexity index is 514. The van der Waals surface area contributed by atoms with Gasteiger partial charge >= 0.3 is 12.0 Å². The maximum atomic E-state index is 12.1. The van der Waals surface area contributed by atoms with Crippen LogP contribution in [0.4, 0.5) is 4.79 Å². The molecule has 0 saturated heterocycles. The van der Waals surface area contributed by atoms with E-state index >= 15 is 0 Å². The molecule has 2 amide bonds. The highest BCUT2D eigenvalue weighted by molar-refractivity contribution is 5.75. The van der Waals surface area contributed by atoms with Crippen LogP contribution in [0.1, 0.15) is 38.2 Å². The summed E-state index contributed by atoms with van der Waals surface area (Å²) in [4.78, 5) is 22.5. The van der Waals surface area contributed by atoms with Crippen LogP contribution in [0.2, 0.25) is 0 Å². The first-order valence-corrected chi connectivity index (χ1v) is 7.81. The molecule has 5 heteroatoms. The summed E-state index contributed by atoms with van der Waals surface area (Å²) >= 11 is 0. The summed E-state index contributed by atoms with van der Waals surface area (Å²) in [5.41, 5.74) is 0.959. The average Bonchev–Trinajstić information content (AvgIpc) is 3.29. The molecule has 0 bridgehead atoms. The van der Waals surface area contributed by atoms with Crippen molar-refractivity contribution in [2.45, 2.75) is 44.6 Å². The smallest absolute Gasteiger partial charge is 0.315 e. The van der Waals surface area contributed by atoms with E-state index in [1.165, 1.54) is 5.56 Å². The third-order valence-electron chi connectivity index (χ3n) is 4.14. The van der Waals surface area contributed by atoms with E-state index in [1.807, 2.05) is 18.2 Å². The number of hydrogen-bond acceptors (Lipinski definition) is 2. The van der Waals surface area contributed by atoms with E-state index < -0.39 is 5.97 Å². The molecule has 0 heterocycles. The predicted molar refractivity (Wildman–Crippen MR) is 84.7 cm³/mol. The van der Waals surface area contributed by atoms with Crippen molar-refractivity contribution in [2.75, 3.05) is 6.54 Å². The van der Waals surface area contributed by atoms with Crippen molar-refractivity contribution in [2.24, 2.45) is 5.92 Å². The number of amides is 2. The normalized spacial score (nSPS) is 16.6. The summed E-state index contributed by atoms with van der Waals surface area (Å²) in [6.07, 6.45) is 3.61. The quantitative estimate of drug-likeness (QED) is 0.646. The Balaban J connectivity index is 1.85. The number of urea groups is 1. The minimum absolute atomic E-state index is 0.0736. The molecule has 1 aromatic rings. The highest BCUT2D eigenvalue weighted by Gasteiger charge is 2.42. The van der Waals surface area contributed by atoms with Crippen molar-refractivity contribution in [1.82, 2.24) is 10.6 Å². The van der Waals surface area contributed by atoms with Gasteiger partial charge in [0.25, 0.3) is 0 Å². The first-order chi connectivity index (χ1) is 10.5. The fraction of sp³-hybridized carbons (Fsp3) is 0.529. The van der Waals surface area contributed by atoms with Gasteiger partial charge in [0, 0.05) is 18.5 Å². The van der Waals surface area contributed by atoms with Gasteiger partial charge in [0.2, 0.25) is 0 Å². The number of carboxylic acid groups (broad SMARTS) is 1. The lowest BCUT2D eigenvalue weighted by Gasteiger charge is -2.31. The Morgan fingerprint density at radius 3 is 2.55 bits per heavy atom. The Hall–Kier alpha value is -2.04. The maximum absolute atomic E-state index is 12.1.